The molecule has 0 radical (unpaired) electrons. The zero-order valence-electron chi connectivity index (χ0n) is 12.8. The van der Waals surface area contributed by atoms with Gasteiger partial charge in [0.05, 0.1) is 0 Å². The SMILES string of the molecule is C=C(C)C(=O)O.C=C(C)C(=O)O.C=C(C)C(=O)O.CCO. The first-order valence-corrected chi connectivity index (χ1v) is 5.62. The van der Waals surface area contributed by atoms with E-state index in [1.54, 1.807) is 6.92 Å². The van der Waals surface area contributed by atoms with E-state index in [1.165, 1.54) is 20.8 Å². The molecule has 0 unspecified atom stereocenters. The van der Waals surface area contributed by atoms with E-state index in [-0.39, 0.29) is 23.3 Å². The highest BCUT2D eigenvalue weighted by atomic mass is 16.4. The normalized spacial score (nSPS) is 7.29. The largest absolute Gasteiger partial charge is 0.478 e. The number of carboxylic acids is 3. The summed E-state index contributed by atoms with van der Waals surface area (Å²) in [5.41, 5.74) is 0.528. The summed E-state index contributed by atoms with van der Waals surface area (Å²) in [7, 11) is 0. The molecule has 122 valence electrons. The number of aliphatic carboxylic acids is 3. The molecule has 0 fully saturated rings. The second-order valence-electron chi connectivity index (χ2n) is 3.57. The summed E-state index contributed by atoms with van der Waals surface area (Å²) in [4.78, 5) is 28.8. The van der Waals surface area contributed by atoms with Crippen LogP contribution >= 0.6 is 0 Å². The summed E-state index contributed by atoms with van der Waals surface area (Å²) >= 11 is 0. The van der Waals surface area contributed by atoms with Crippen LogP contribution in [0.2, 0.25) is 0 Å². The molecular formula is C14H24O7. The number of hydrogen-bond acceptors (Lipinski definition) is 4. The lowest BCUT2D eigenvalue weighted by Gasteiger charge is -1.79. The van der Waals surface area contributed by atoms with E-state index >= 15 is 0 Å². The van der Waals surface area contributed by atoms with Crippen molar-refractivity contribution < 1.29 is 34.8 Å². The van der Waals surface area contributed by atoms with Gasteiger partial charge in [0.25, 0.3) is 0 Å². The Hall–Kier alpha value is -2.41. The van der Waals surface area contributed by atoms with Gasteiger partial charge in [-0.3, -0.25) is 0 Å². The molecular weight excluding hydrogens is 280 g/mol. The lowest BCUT2D eigenvalue weighted by molar-refractivity contribution is -0.133. The van der Waals surface area contributed by atoms with Crippen molar-refractivity contribution in [2.75, 3.05) is 6.61 Å². The van der Waals surface area contributed by atoms with Gasteiger partial charge in [0.15, 0.2) is 0 Å². The maximum Gasteiger partial charge on any atom is 0.330 e. The molecule has 7 nitrogen and oxygen atoms in total. The van der Waals surface area contributed by atoms with Crippen molar-refractivity contribution in [1.29, 1.82) is 0 Å². The maximum atomic E-state index is 9.60. The quantitative estimate of drug-likeness (QED) is 0.586. The van der Waals surface area contributed by atoms with Crippen LogP contribution in [0.3, 0.4) is 0 Å². The van der Waals surface area contributed by atoms with Crippen LogP contribution in [-0.2, 0) is 14.4 Å². The minimum absolute atomic E-state index is 0.176. The fourth-order valence-corrected chi connectivity index (χ4v) is 0. The highest BCUT2D eigenvalue weighted by Crippen LogP contribution is 1.82. The first-order chi connectivity index (χ1) is 9.34. The summed E-state index contributed by atoms with van der Waals surface area (Å²) in [5.74, 6) is -2.81. The lowest BCUT2D eigenvalue weighted by Crippen LogP contribution is -1.92. The van der Waals surface area contributed by atoms with Gasteiger partial charge in [-0.1, -0.05) is 19.7 Å². The summed E-state index contributed by atoms with van der Waals surface area (Å²) < 4.78 is 0. The van der Waals surface area contributed by atoms with Crippen molar-refractivity contribution in [2.24, 2.45) is 0 Å². The zero-order chi connectivity index (χ0) is 18.2. The Morgan fingerprint density at radius 1 is 0.714 bits per heavy atom. The number of rotatable bonds is 3. The van der Waals surface area contributed by atoms with Crippen LogP contribution in [0, 0.1) is 0 Å². The molecule has 0 aliphatic heterocycles. The summed E-state index contributed by atoms with van der Waals surface area (Å²) in [6, 6.07) is 0. The number of aliphatic hydroxyl groups excluding tert-OH is 1. The molecule has 0 saturated carbocycles. The van der Waals surface area contributed by atoms with Gasteiger partial charge in [0.1, 0.15) is 0 Å². The monoisotopic (exact) mass is 304 g/mol. The van der Waals surface area contributed by atoms with Crippen molar-refractivity contribution in [2.45, 2.75) is 27.7 Å². The molecule has 0 saturated heterocycles. The third-order valence-electron chi connectivity index (χ3n) is 1.10. The van der Waals surface area contributed by atoms with Gasteiger partial charge in [-0.05, 0) is 27.7 Å². The topological polar surface area (TPSA) is 132 Å². The highest BCUT2D eigenvalue weighted by molar-refractivity contribution is 5.85. The Bertz CT molecular complexity index is 288. The van der Waals surface area contributed by atoms with Crippen molar-refractivity contribution in [3.63, 3.8) is 0 Å². The van der Waals surface area contributed by atoms with Crippen LogP contribution in [0.1, 0.15) is 27.7 Å². The molecule has 0 aliphatic rings. The average molecular weight is 304 g/mol. The second kappa shape index (κ2) is 17.6. The molecule has 0 heterocycles. The molecule has 0 spiro atoms. The lowest BCUT2D eigenvalue weighted by atomic mass is 10.4. The van der Waals surface area contributed by atoms with Crippen LogP contribution in [-0.4, -0.2) is 44.9 Å². The molecule has 21 heavy (non-hydrogen) atoms. The van der Waals surface area contributed by atoms with Crippen LogP contribution in [0.15, 0.2) is 36.5 Å². The van der Waals surface area contributed by atoms with Crippen LogP contribution in [0.4, 0.5) is 0 Å². The van der Waals surface area contributed by atoms with Crippen molar-refractivity contribution >= 4 is 17.9 Å². The van der Waals surface area contributed by atoms with Gasteiger partial charge in [-0.2, -0.15) is 0 Å². The molecule has 0 aromatic carbocycles. The van der Waals surface area contributed by atoms with Crippen molar-refractivity contribution in [1.82, 2.24) is 0 Å². The van der Waals surface area contributed by atoms with Gasteiger partial charge < -0.3 is 20.4 Å². The molecule has 0 aromatic rings. The highest BCUT2D eigenvalue weighted by Gasteiger charge is 1.91. The van der Waals surface area contributed by atoms with Crippen LogP contribution in [0.25, 0.3) is 0 Å². The van der Waals surface area contributed by atoms with Gasteiger partial charge >= 0.3 is 17.9 Å². The van der Waals surface area contributed by atoms with E-state index in [2.05, 4.69) is 19.7 Å². The molecule has 0 aromatic heterocycles. The molecule has 7 heteroatoms. The molecule has 0 amide bonds. The molecule has 0 atom stereocenters. The Morgan fingerprint density at radius 2 is 0.762 bits per heavy atom. The Labute approximate surface area is 124 Å². The fourth-order valence-electron chi connectivity index (χ4n) is 0. The van der Waals surface area contributed by atoms with Gasteiger partial charge in [-0.25, -0.2) is 14.4 Å². The zero-order valence-corrected chi connectivity index (χ0v) is 12.8. The second-order valence-corrected chi connectivity index (χ2v) is 3.57. The van der Waals surface area contributed by atoms with E-state index in [1.807, 2.05) is 0 Å². The molecule has 0 aliphatic carbocycles. The van der Waals surface area contributed by atoms with E-state index in [0.717, 1.165) is 0 Å². The Morgan fingerprint density at radius 3 is 0.762 bits per heavy atom. The third-order valence-corrected chi connectivity index (χ3v) is 1.10. The van der Waals surface area contributed by atoms with Gasteiger partial charge in [-0.15, -0.1) is 0 Å². The number of carboxylic acid groups (broad SMARTS) is 3. The predicted octanol–water partition coefficient (Wildman–Crippen LogP) is 1.94. The predicted molar refractivity (Wildman–Crippen MR) is 80.1 cm³/mol. The van der Waals surface area contributed by atoms with Gasteiger partial charge in [0.2, 0.25) is 0 Å². The first kappa shape index (κ1) is 27.0. The van der Waals surface area contributed by atoms with E-state index in [4.69, 9.17) is 20.4 Å². The van der Waals surface area contributed by atoms with Gasteiger partial charge in [0, 0.05) is 23.3 Å². The van der Waals surface area contributed by atoms with Crippen molar-refractivity contribution in [3.05, 3.63) is 36.5 Å². The number of aliphatic hydroxyl groups is 1. The maximum absolute atomic E-state index is 9.60. The molecule has 4 N–H and O–H groups in total. The minimum atomic E-state index is -0.935. The molecule has 0 rings (SSSR count). The fraction of sp³-hybridized carbons (Fsp3) is 0.357. The summed E-state index contributed by atoms with van der Waals surface area (Å²) in [6.45, 7) is 15.7. The third kappa shape index (κ3) is 46.5. The summed E-state index contributed by atoms with van der Waals surface area (Å²) in [6.07, 6.45) is 0. The van der Waals surface area contributed by atoms with E-state index in [0.29, 0.717) is 0 Å². The average Bonchev–Trinajstić information content (AvgIpc) is 2.30. The van der Waals surface area contributed by atoms with Crippen molar-refractivity contribution in [3.8, 4) is 0 Å². The van der Waals surface area contributed by atoms with Crippen LogP contribution in [0.5, 0.6) is 0 Å². The van der Waals surface area contributed by atoms with E-state index < -0.39 is 17.9 Å². The Kier molecular flexibility index (Phi) is 22.6. The van der Waals surface area contributed by atoms with Crippen LogP contribution < -0.4 is 0 Å². The smallest absolute Gasteiger partial charge is 0.330 e. The van der Waals surface area contributed by atoms with E-state index in [9.17, 15) is 14.4 Å². The number of carbonyl (C=O) groups is 3. The summed E-state index contributed by atoms with van der Waals surface area (Å²) in [5, 5.41) is 31.2. The standard InChI is InChI=1S/3C4H6O2.C2H6O/c3*1-3(2)4(5)6;1-2-3/h3*1H2,2H3,(H,5,6);3H,2H2,1H3. The first-order valence-electron chi connectivity index (χ1n) is 5.62. The number of hydrogen-bond donors (Lipinski definition) is 4. The minimum Gasteiger partial charge on any atom is -0.478 e. The molecule has 0 bridgehead atoms. The Balaban J connectivity index is -0.0000000944.